The number of anilines is 2. The molecule has 1 aromatic heterocycles. The largest absolute Gasteiger partial charge is 0.370 e. The Hall–Kier alpha value is -1.29. The van der Waals surface area contributed by atoms with Gasteiger partial charge in [-0.3, -0.25) is 0 Å². The normalized spacial score (nSPS) is 10.9. The summed E-state index contributed by atoms with van der Waals surface area (Å²) >= 11 is 0. The van der Waals surface area contributed by atoms with Gasteiger partial charge in [0.05, 0.1) is 0 Å². The summed E-state index contributed by atoms with van der Waals surface area (Å²) in [4.78, 5) is 9.56. The van der Waals surface area contributed by atoms with Crippen LogP contribution in [0.2, 0.25) is 0 Å². The van der Waals surface area contributed by atoms with E-state index in [1.54, 1.807) is 0 Å². The first-order chi connectivity index (χ1) is 10.2. The fourth-order valence-corrected chi connectivity index (χ4v) is 2.41. The van der Waals surface area contributed by atoms with E-state index in [1.807, 2.05) is 6.07 Å². The van der Waals surface area contributed by atoms with E-state index in [0.29, 0.717) is 0 Å². The van der Waals surface area contributed by atoms with Crippen LogP contribution in [-0.4, -0.2) is 49.2 Å². The summed E-state index contributed by atoms with van der Waals surface area (Å²) in [6, 6.07) is 6.24. The Labute approximate surface area is 130 Å². The molecule has 1 N–H and O–H groups in total. The molecule has 0 saturated carbocycles. The molecule has 0 amide bonds. The Bertz CT molecular complexity index is 377. The van der Waals surface area contributed by atoms with E-state index >= 15 is 0 Å². The van der Waals surface area contributed by atoms with Crippen molar-refractivity contribution < 1.29 is 0 Å². The molecule has 1 aromatic rings. The van der Waals surface area contributed by atoms with Crippen LogP contribution in [-0.2, 0) is 0 Å². The number of hydrogen-bond donors (Lipinski definition) is 1. The topological polar surface area (TPSA) is 31.4 Å². The summed E-state index contributed by atoms with van der Waals surface area (Å²) in [5, 5.41) is 3.36. The van der Waals surface area contributed by atoms with E-state index in [4.69, 9.17) is 4.98 Å². The van der Waals surface area contributed by atoms with Gasteiger partial charge in [-0.2, -0.15) is 0 Å². The van der Waals surface area contributed by atoms with Crippen molar-refractivity contribution in [3.8, 4) is 0 Å². The van der Waals surface area contributed by atoms with Crippen LogP contribution in [0.5, 0.6) is 0 Å². The first-order valence-electron chi connectivity index (χ1n) is 8.43. The lowest BCUT2D eigenvalue weighted by Crippen LogP contribution is -2.30. The highest BCUT2D eigenvalue weighted by atomic mass is 15.2. The molecule has 0 spiro atoms. The maximum absolute atomic E-state index is 4.72. The third-order valence-electron chi connectivity index (χ3n) is 3.79. The molecule has 120 valence electrons. The molecular formula is C17H32N4. The van der Waals surface area contributed by atoms with Crippen molar-refractivity contribution in [3.63, 3.8) is 0 Å². The molecule has 1 rings (SSSR count). The highest BCUT2D eigenvalue weighted by Crippen LogP contribution is 2.14. The van der Waals surface area contributed by atoms with Crippen molar-refractivity contribution in [1.29, 1.82) is 0 Å². The van der Waals surface area contributed by atoms with Crippen LogP contribution in [0.1, 0.15) is 40.5 Å². The van der Waals surface area contributed by atoms with Crippen LogP contribution in [0.4, 0.5) is 11.6 Å². The van der Waals surface area contributed by atoms with Gasteiger partial charge in [-0.25, -0.2) is 4.98 Å². The number of hydrogen-bond acceptors (Lipinski definition) is 4. The van der Waals surface area contributed by atoms with Crippen LogP contribution >= 0.6 is 0 Å². The molecule has 21 heavy (non-hydrogen) atoms. The number of nitrogens with one attached hydrogen (secondary N) is 1. The summed E-state index contributed by atoms with van der Waals surface area (Å²) in [5.41, 5.74) is 0. The highest BCUT2D eigenvalue weighted by molar-refractivity contribution is 5.46. The van der Waals surface area contributed by atoms with Crippen LogP contribution < -0.4 is 10.2 Å². The lowest BCUT2D eigenvalue weighted by molar-refractivity contribution is 0.300. The lowest BCUT2D eigenvalue weighted by atomic mass is 10.3. The molecule has 0 bridgehead atoms. The molecular weight excluding hydrogens is 260 g/mol. The van der Waals surface area contributed by atoms with Gasteiger partial charge in [-0.05, 0) is 51.5 Å². The van der Waals surface area contributed by atoms with Crippen LogP contribution in [0.25, 0.3) is 0 Å². The quantitative estimate of drug-likeness (QED) is 0.677. The Morgan fingerprint density at radius 2 is 1.76 bits per heavy atom. The summed E-state index contributed by atoms with van der Waals surface area (Å²) in [7, 11) is 0. The summed E-state index contributed by atoms with van der Waals surface area (Å²) < 4.78 is 0. The van der Waals surface area contributed by atoms with Gasteiger partial charge >= 0.3 is 0 Å². The predicted octanol–water partition coefficient (Wildman–Crippen LogP) is 3.46. The molecule has 0 unspecified atom stereocenters. The van der Waals surface area contributed by atoms with E-state index < -0.39 is 0 Å². The smallest absolute Gasteiger partial charge is 0.130 e. The fourth-order valence-electron chi connectivity index (χ4n) is 2.41. The van der Waals surface area contributed by atoms with Crippen LogP contribution in [0.15, 0.2) is 18.2 Å². The third kappa shape index (κ3) is 6.34. The van der Waals surface area contributed by atoms with Crippen molar-refractivity contribution >= 4 is 11.6 Å². The van der Waals surface area contributed by atoms with Crippen molar-refractivity contribution in [2.75, 3.05) is 49.5 Å². The molecule has 0 fully saturated rings. The number of pyridine rings is 1. The van der Waals surface area contributed by atoms with Crippen LogP contribution in [0, 0.1) is 0 Å². The van der Waals surface area contributed by atoms with E-state index in [-0.39, 0.29) is 0 Å². The molecule has 0 aliphatic heterocycles. The monoisotopic (exact) mass is 292 g/mol. The summed E-state index contributed by atoms with van der Waals surface area (Å²) in [6.07, 6.45) is 2.30. The second kappa shape index (κ2) is 10.4. The molecule has 4 nitrogen and oxygen atoms in total. The fraction of sp³-hybridized carbons (Fsp3) is 0.706. The van der Waals surface area contributed by atoms with Crippen molar-refractivity contribution in [1.82, 2.24) is 9.88 Å². The molecule has 0 aliphatic rings. The summed E-state index contributed by atoms with van der Waals surface area (Å²) in [6.45, 7) is 15.3. The van der Waals surface area contributed by atoms with Gasteiger partial charge in [0.2, 0.25) is 0 Å². The summed E-state index contributed by atoms with van der Waals surface area (Å²) in [5.74, 6) is 2.06. The van der Waals surface area contributed by atoms with E-state index in [0.717, 1.165) is 57.3 Å². The van der Waals surface area contributed by atoms with Gasteiger partial charge in [0.25, 0.3) is 0 Å². The average Bonchev–Trinajstić information content (AvgIpc) is 2.53. The second-order valence-electron chi connectivity index (χ2n) is 5.27. The molecule has 0 aliphatic carbocycles. The zero-order valence-corrected chi connectivity index (χ0v) is 14.2. The van der Waals surface area contributed by atoms with Crippen molar-refractivity contribution in [2.45, 2.75) is 40.5 Å². The minimum atomic E-state index is 0.977. The first-order valence-corrected chi connectivity index (χ1v) is 8.43. The Balaban J connectivity index is 2.54. The second-order valence-corrected chi connectivity index (χ2v) is 5.27. The standard InChI is InChI=1S/C17H32N4/c1-5-13-18-16-11-9-12-17(19-16)21(8-4)15-10-14-20(6-2)7-3/h9,11-12H,5-8,10,13-15H2,1-4H3,(H,18,19). The molecule has 0 radical (unpaired) electrons. The van der Waals surface area contributed by atoms with Gasteiger partial charge in [0.1, 0.15) is 11.6 Å². The Morgan fingerprint density at radius 1 is 1.00 bits per heavy atom. The maximum atomic E-state index is 4.72. The van der Waals surface area contributed by atoms with Gasteiger partial charge < -0.3 is 15.1 Å². The van der Waals surface area contributed by atoms with Gasteiger partial charge in [-0.1, -0.05) is 26.8 Å². The van der Waals surface area contributed by atoms with Gasteiger partial charge in [-0.15, -0.1) is 0 Å². The van der Waals surface area contributed by atoms with E-state index in [9.17, 15) is 0 Å². The molecule has 1 heterocycles. The first kappa shape index (κ1) is 17.8. The predicted molar refractivity (Wildman–Crippen MR) is 93.3 cm³/mol. The van der Waals surface area contributed by atoms with E-state index in [2.05, 4.69) is 54.9 Å². The average molecular weight is 292 g/mol. The van der Waals surface area contributed by atoms with Gasteiger partial charge in [0.15, 0.2) is 0 Å². The molecule has 0 aromatic carbocycles. The molecule has 0 atom stereocenters. The highest BCUT2D eigenvalue weighted by Gasteiger charge is 2.07. The zero-order chi connectivity index (χ0) is 15.5. The Morgan fingerprint density at radius 3 is 2.38 bits per heavy atom. The third-order valence-corrected chi connectivity index (χ3v) is 3.79. The lowest BCUT2D eigenvalue weighted by Gasteiger charge is -2.24. The SMILES string of the molecule is CCCNc1cccc(N(CC)CCCN(CC)CC)n1. The minimum absolute atomic E-state index is 0.977. The van der Waals surface area contributed by atoms with Crippen molar-refractivity contribution in [2.24, 2.45) is 0 Å². The number of aromatic nitrogens is 1. The minimum Gasteiger partial charge on any atom is -0.370 e. The maximum Gasteiger partial charge on any atom is 0.130 e. The number of nitrogens with zero attached hydrogens (tertiary/aromatic N) is 3. The molecule has 0 saturated heterocycles. The van der Waals surface area contributed by atoms with E-state index in [1.165, 1.54) is 6.42 Å². The van der Waals surface area contributed by atoms with Gasteiger partial charge in [0, 0.05) is 19.6 Å². The Kier molecular flexibility index (Phi) is 8.83. The van der Waals surface area contributed by atoms with Crippen molar-refractivity contribution in [3.05, 3.63) is 18.2 Å². The zero-order valence-electron chi connectivity index (χ0n) is 14.2. The van der Waals surface area contributed by atoms with Crippen LogP contribution in [0.3, 0.4) is 0 Å². The molecule has 4 heteroatoms. The number of rotatable bonds is 11.